The molecule has 0 radical (unpaired) electrons. The van der Waals surface area contributed by atoms with Crippen LogP contribution >= 0.6 is 0 Å². The Morgan fingerprint density at radius 2 is 0.717 bits per heavy atom. The van der Waals surface area contributed by atoms with Crippen LogP contribution in [0, 0.1) is 11.8 Å². The summed E-state index contributed by atoms with van der Waals surface area (Å²) in [5.74, 6) is 0.823. The Morgan fingerprint density at radius 1 is 0.396 bits per heavy atom. The highest BCUT2D eigenvalue weighted by Crippen LogP contribution is 2.17. The molecule has 0 N–H and O–H groups in total. The molecule has 0 heterocycles. The lowest BCUT2D eigenvalue weighted by Crippen LogP contribution is -2.30. The van der Waals surface area contributed by atoms with Crippen molar-refractivity contribution in [2.75, 3.05) is 13.2 Å². The molecule has 0 fully saturated rings. The maximum atomic E-state index is 12.7. The highest BCUT2D eigenvalue weighted by Gasteiger charge is 2.19. The van der Waals surface area contributed by atoms with Crippen molar-refractivity contribution in [2.24, 2.45) is 11.8 Å². The average Bonchev–Trinajstić information content (AvgIpc) is 3.14. The maximum Gasteiger partial charge on any atom is 0.306 e. The third-order valence-electron chi connectivity index (χ3n) is 10.8. The van der Waals surface area contributed by atoms with Crippen molar-refractivity contribution >= 4 is 17.9 Å². The van der Waals surface area contributed by atoms with Crippen molar-refractivity contribution in [2.45, 2.75) is 259 Å². The number of esters is 3. The minimum atomic E-state index is -0.759. The first-order chi connectivity index (χ1) is 25.8. The number of carbonyl (C=O) groups is 3. The summed E-state index contributed by atoms with van der Waals surface area (Å²) in [5, 5.41) is 0. The Bertz CT molecular complexity index is 811. The second kappa shape index (κ2) is 40.1. The van der Waals surface area contributed by atoms with Crippen LogP contribution in [0.4, 0.5) is 0 Å². The Labute approximate surface area is 329 Å². The molecule has 0 aromatic carbocycles. The van der Waals surface area contributed by atoms with Crippen LogP contribution in [0.25, 0.3) is 0 Å². The third kappa shape index (κ3) is 39.9. The monoisotopic (exact) mass is 751 g/mol. The fraction of sp³-hybridized carbons (Fsp3) is 0.936. The summed E-state index contributed by atoms with van der Waals surface area (Å²) >= 11 is 0. The molecule has 6 heteroatoms. The van der Waals surface area contributed by atoms with Crippen LogP contribution in [-0.4, -0.2) is 37.2 Å². The lowest BCUT2D eigenvalue weighted by Gasteiger charge is -2.18. The number of carbonyl (C=O) groups excluding carboxylic acids is 3. The van der Waals surface area contributed by atoms with E-state index in [4.69, 9.17) is 14.2 Å². The number of unbranched alkanes of at least 4 members (excludes halogenated alkanes) is 25. The van der Waals surface area contributed by atoms with E-state index in [0.29, 0.717) is 19.3 Å². The Balaban J connectivity index is 4.14. The van der Waals surface area contributed by atoms with Gasteiger partial charge in [0.25, 0.3) is 0 Å². The lowest BCUT2D eigenvalue weighted by atomic mass is 9.99. The summed E-state index contributed by atoms with van der Waals surface area (Å²) in [4.78, 5) is 37.5. The molecular formula is C47H90O6. The van der Waals surface area contributed by atoms with Gasteiger partial charge in [-0.1, -0.05) is 214 Å². The van der Waals surface area contributed by atoms with Crippen LogP contribution in [0.2, 0.25) is 0 Å². The Kier molecular flexibility index (Phi) is 38.9. The smallest absolute Gasteiger partial charge is 0.306 e. The summed E-state index contributed by atoms with van der Waals surface area (Å²) < 4.78 is 16.6. The summed E-state index contributed by atoms with van der Waals surface area (Å²) in [6.07, 6.45) is 38.3. The fourth-order valence-electron chi connectivity index (χ4n) is 6.90. The van der Waals surface area contributed by atoms with Crippen molar-refractivity contribution in [3.05, 3.63) is 0 Å². The Morgan fingerprint density at radius 3 is 1.08 bits per heavy atom. The van der Waals surface area contributed by atoms with E-state index >= 15 is 0 Å². The molecule has 0 aliphatic rings. The normalized spacial score (nSPS) is 12.6. The van der Waals surface area contributed by atoms with E-state index in [2.05, 4.69) is 34.6 Å². The second-order valence-electron chi connectivity index (χ2n) is 16.8. The summed E-state index contributed by atoms with van der Waals surface area (Å²) in [6.45, 7) is 11.3. The van der Waals surface area contributed by atoms with Gasteiger partial charge in [-0.15, -0.1) is 0 Å². The van der Waals surface area contributed by atoms with Gasteiger partial charge in [0.05, 0.1) is 0 Å². The second-order valence-corrected chi connectivity index (χ2v) is 16.8. The molecule has 53 heavy (non-hydrogen) atoms. The minimum Gasteiger partial charge on any atom is -0.462 e. The highest BCUT2D eigenvalue weighted by molar-refractivity contribution is 5.71. The summed E-state index contributed by atoms with van der Waals surface area (Å²) in [5.41, 5.74) is 0. The highest BCUT2D eigenvalue weighted by atomic mass is 16.6. The number of hydrogen-bond donors (Lipinski definition) is 0. The lowest BCUT2D eigenvalue weighted by molar-refractivity contribution is -0.167. The van der Waals surface area contributed by atoms with Crippen molar-refractivity contribution in [1.29, 1.82) is 0 Å². The van der Waals surface area contributed by atoms with E-state index in [1.165, 1.54) is 135 Å². The molecular weight excluding hydrogens is 661 g/mol. The zero-order valence-electron chi connectivity index (χ0n) is 36.1. The van der Waals surface area contributed by atoms with Crippen LogP contribution < -0.4 is 0 Å². The minimum absolute atomic E-state index is 0.0658. The van der Waals surface area contributed by atoms with Crippen LogP contribution in [0.1, 0.15) is 253 Å². The van der Waals surface area contributed by atoms with Gasteiger partial charge in [-0.2, -0.15) is 0 Å². The van der Waals surface area contributed by atoms with E-state index < -0.39 is 6.10 Å². The van der Waals surface area contributed by atoms with Crippen molar-refractivity contribution in [3.63, 3.8) is 0 Å². The van der Waals surface area contributed by atoms with Crippen LogP contribution in [-0.2, 0) is 28.6 Å². The molecule has 0 rings (SSSR count). The summed E-state index contributed by atoms with van der Waals surface area (Å²) in [6, 6.07) is 0. The average molecular weight is 751 g/mol. The standard InChI is InChI=1S/C47H90O6/c1-6-8-9-25-32-37-45(48)51-40-44(53-47(50)39-34-29-24-20-19-22-27-31-36-43(5)7-2)41-52-46(49)38-33-28-23-18-16-14-12-10-11-13-15-17-21-26-30-35-42(3)4/h42-44H,6-41H2,1-5H3/t43?,44-/m0/s1. The van der Waals surface area contributed by atoms with Gasteiger partial charge < -0.3 is 14.2 Å². The SMILES string of the molecule is CCCCCCCC(=O)OC[C@@H](COC(=O)CCCCCCCCCCCCCCCCCC(C)C)OC(=O)CCCCCCCCCCC(C)CC. The molecule has 0 bridgehead atoms. The van der Waals surface area contributed by atoms with E-state index in [0.717, 1.165) is 76.0 Å². The predicted molar refractivity (Wildman–Crippen MR) is 224 cm³/mol. The number of ether oxygens (including phenoxy) is 3. The van der Waals surface area contributed by atoms with Gasteiger partial charge in [0, 0.05) is 19.3 Å². The van der Waals surface area contributed by atoms with Gasteiger partial charge in [-0.25, -0.2) is 0 Å². The topological polar surface area (TPSA) is 78.9 Å². The number of hydrogen-bond acceptors (Lipinski definition) is 6. The first-order valence-corrected chi connectivity index (χ1v) is 23.3. The molecule has 2 atom stereocenters. The molecule has 1 unspecified atom stereocenters. The quantitative estimate of drug-likeness (QED) is 0.0352. The van der Waals surface area contributed by atoms with Gasteiger partial charge in [0.2, 0.25) is 0 Å². The predicted octanol–water partition coefficient (Wildman–Crippen LogP) is 14.6. The molecule has 314 valence electrons. The third-order valence-corrected chi connectivity index (χ3v) is 10.8. The maximum absolute atomic E-state index is 12.7. The molecule has 6 nitrogen and oxygen atoms in total. The van der Waals surface area contributed by atoms with Gasteiger partial charge in [0.15, 0.2) is 6.10 Å². The molecule has 0 spiro atoms. The van der Waals surface area contributed by atoms with Crippen molar-refractivity contribution in [3.8, 4) is 0 Å². The molecule has 0 saturated carbocycles. The van der Waals surface area contributed by atoms with Gasteiger partial charge in [0.1, 0.15) is 13.2 Å². The van der Waals surface area contributed by atoms with Crippen LogP contribution in [0.15, 0.2) is 0 Å². The van der Waals surface area contributed by atoms with E-state index in [1.54, 1.807) is 0 Å². The molecule has 0 amide bonds. The fourth-order valence-corrected chi connectivity index (χ4v) is 6.90. The van der Waals surface area contributed by atoms with E-state index in [-0.39, 0.29) is 31.1 Å². The zero-order valence-corrected chi connectivity index (χ0v) is 36.1. The van der Waals surface area contributed by atoms with E-state index in [9.17, 15) is 14.4 Å². The van der Waals surface area contributed by atoms with Gasteiger partial charge >= 0.3 is 17.9 Å². The Hall–Kier alpha value is -1.59. The molecule has 0 aromatic rings. The van der Waals surface area contributed by atoms with Crippen LogP contribution in [0.5, 0.6) is 0 Å². The van der Waals surface area contributed by atoms with Crippen molar-refractivity contribution in [1.82, 2.24) is 0 Å². The zero-order chi connectivity index (χ0) is 39.0. The summed E-state index contributed by atoms with van der Waals surface area (Å²) in [7, 11) is 0. The van der Waals surface area contributed by atoms with Crippen LogP contribution in [0.3, 0.4) is 0 Å². The first-order valence-electron chi connectivity index (χ1n) is 23.3. The molecule has 0 aliphatic carbocycles. The largest absolute Gasteiger partial charge is 0.462 e. The molecule has 0 aliphatic heterocycles. The molecule has 0 saturated heterocycles. The first kappa shape index (κ1) is 51.4. The van der Waals surface area contributed by atoms with Crippen molar-refractivity contribution < 1.29 is 28.6 Å². The van der Waals surface area contributed by atoms with Gasteiger partial charge in [-0.05, 0) is 31.1 Å². The van der Waals surface area contributed by atoms with Gasteiger partial charge in [-0.3, -0.25) is 14.4 Å². The molecule has 0 aromatic heterocycles. The van der Waals surface area contributed by atoms with E-state index in [1.807, 2.05) is 0 Å². The number of rotatable bonds is 41.